The first-order valence-electron chi connectivity index (χ1n) is 6.27. The van der Waals surface area contributed by atoms with Crippen LogP contribution in [0, 0.1) is 0 Å². The topological polar surface area (TPSA) is 60.0 Å². The van der Waals surface area contributed by atoms with Gasteiger partial charge in [0.15, 0.2) is 0 Å². The van der Waals surface area contributed by atoms with Crippen molar-refractivity contribution in [2.75, 3.05) is 18.0 Å². The lowest BCUT2D eigenvalue weighted by molar-refractivity contribution is 0.476. The normalized spacial score (nSPS) is 22.7. The second-order valence-electron chi connectivity index (χ2n) is 4.87. The molecule has 1 atom stereocenters. The number of aryl methyl sites for hydroxylation is 1. The number of fused-ring (bicyclic) bond motifs is 1. The molecule has 1 aromatic heterocycles. The molecule has 1 fully saturated rings. The molecule has 0 saturated carbocycles. The number of hydrogen-bond donors (Lipinski definition) is 1. The Balaban J connectivity index is 0.000000810. The van der Waals surface area contributed by atoms with Gasteiger partial charge in [0.1, 0.15) is 5.82 Å². The summed E-state index contributed by atoms with van der Waals surface area (Å²) < 4.78 is 2.28. The standard InChI is InChI=1S/C11H19N5.2ClH/c12-9-4-3-6-15(8-9)11-14-13-10-5-1-2-7-16(10)11;;/h9H,1-8,12H2;2*1H/t9-;;/m1../s1. The third-order valence-electron chi connectivity index (χ3n) is 3.58. The van der Waals surface area contributed by atoms with Crippen LogP contribution in [0.4, 0.5) is 5.95 Å². The van der Waals surface area contributed by atoms with Gasteiger partial charge in [0.2, 0.25) is 5.95 Å². The number of hydrogen-bond acceptors (Lipinski definition) is 4. The van der Waals surface area contributed by atoms with Crippen molar-refractivity contribution in [3.8, 4) is 0 Å². The molecule has 5 nitrogen and oxygen atoms in total. The molecule has 0 aliphatic carbocycles. The number of piperidine rings is 1. The largest absolute Gasteiger partial charge is 0.339 e. The summed E-state index contributed by atoms with van der Waals surface area (Å²) in [5.41, 5.74) is 6.01. The smallest absolute Gasteiger partial charge is 0.227 e. The van der Waals surface area contributed by atoms with E-state index in [0.717, 1.165) is 44.2 Å². The lowest BCUT2D eigenvalue weighted by Gasteiger charge is -2.32. The maximum Gasteiger partial charge on any atom is 0.227 e. The molecule has 0 bridgehead atoms. The number of anilines is 1. The van der Waals surface area contributed by atoms with Gasteiger partial charge in [-0.3, -0.25) is 4.57 Å². The Labute approximate surface area is 120 Å². The molecule has 0 radical (unpaired) electrons. The molecule has 0 amide bonds. The van der Waals surface area contributed by atoms with Gasteiger partial charge in [-0.1, -0.05) is 0 Å². The summed E-state index contributed by atoms with van der Waals surface area (Å²) in [7, 11) is 0. The zero-order valence-electron chi connectivity index (χ0n) is 10.4. The average molecular weight is 294 g/mol. The third kappa shape index (κ3) is 2.90. The average Bonchev–Trinajstić information content (AvgIpc) is 2.72. The van der Waals surface area contributed by atoms with Gasteiger partial charge < -0.3 is 10.6 Å². The molecule has 1 aromatic rings. The van der Waals surface area contributed by atoms with Crippen LogP contribution in [-0.4, -0.2) is 33.9 Å². The third-order valence-corrected chi connectivity index (χ3v) is 3.58. The van der Waals surface area contributed by atoms with Gasteiger partial charge in [-0.25, -0.2) is 0 Å². The van der Waals surface area contributed by atoms with E-state index in [1.807, 2.05) is 0 Å². The van der Waals surface area contributed by atoms with Crippen LogP contribution in [0.25, 0.3) is 0 Å². The van der Waals surface area contributed by atoms with Gasteiger partial charge in [-0.05, 0) is 25.7 Å². The molecule has 104 valence electrons. The molecule has 7 heteroatoms. The highest BCUT2D eigenvalue weighted by Gasteiger charge is 2.24. The van der Waals surface area contributed by atoms with Crippen molar-refractivity contribution in [2.45, 2.75) is 44.7 Å². The minimum atomic E-state index is 0. The van der Waals surface area contributed by atoms with Gasteiger partial charge in [-0.15, -0.1) is 35.0 Å². The molecular weight excluding hydrogens is 273 g/mol. The van der Waals surface area contributed by atoms with E-state index in [-0.39, 0.29) is 24.8 Å². The fourth-order valence-electron chi connectivity index (χ4n) is 2.72. The first-order chi connectivity index (χ1) is 7.84. The van der Waals surface area contributed by atoms with Gasteiger partial charge >= 0.3 is 0 Å². The van der Waals surface area contributed by atoms with Gasteiger partial charge in [0.25, 0.3) is 0 Å². The molecular formula is C11H21Cl2N5. The Kier molecular flexibility index (Phi) is 5.69. The van der Waals surface area contributed by atoms with E-state index >= 15 is 0 Å². The van der Waals surface area contributed by atoms with Crippen molar-refractivity contribution < 1.29 is 0 Å². The first-order valence-corrected chi connectivity index (χ1v) is 6.27. The summed E-state index contributed by atoms with van der Waals surface area (Å²) in [5, 5.41) is 8.63. The highest BCUT2D eigenvalue weighted by molar-refractivity contribution is 5.85. The number of aromatic nitrogens is 3. The van der Waals surface area contributed by atoms with Crippen LogP contribution in [0.3, 0.4) is 0 Å². The zero-order valence-corrected chi connectivity index (χ0v) is 12.0. The van der Waals surface area contributed by atoms with Crippen LogP contribution in [0.1, 0.15) is 31.5 Å². The van der Waals surface area contributed by atoms with Crippen LogP contribution in [0.5, 0.6) is 0 Å². The van der Waals surface area contributed by atoms with Gasteiger partial charge in [0.05, 0.1) is 0 Å². The number of halogens is 2. The predicted octanol–water partition coefficient (Wildman–Crippen LogP) is 1.39. The van der Waals surface area contributed by atoms with Crippen LogP contribution in [0.2, 0.25) is 0 Å². The summed E-state index contributed by atoms with van der Waals surface area (Å²) in [6.07, 6.45) is 5.88. The van der Waals surface area contributed by atoms with Gasteiger partial charge in [0, 0.05) is 32.1 Å². The van der Waals surface area contributed by atoms with Crippen molar-refractivity contribution in [2.24, 2.45) is 5.73 Å². The predicted molar refractivity (Wildman–Crippen MR) is 76.9 cm³/mol. The summed E-state index contributed by atoms with van der Waals surface area (Å²) in [5.74, 6) is 2.20. The Morgan fingerprint density at radius 3 is 2.67 bits per heavy atom. The van der Waals surface area contributed by atoms with E-state index < -0.39 is 0 Å². The SMILES string of the molecule is Cl.Cl.N[C@@H]1CCCN(c2nnc3n2CCCC3)C1. The second-order valence-corrected chi connectivity index (χ2v) is 4.87. The van der Waals surface area contributed by atoms with E-state index in [0.29, 0.717) is 6.04 Å². The Hall–Kier alpha value is -0.520. The molecule has 3 heterocycles. The first kappa shape index (κ1) is 15.5. The molecule has 18 heavy (non-hydrogen) atoms. The Morgan fingerprint density at radius 1 is 1.06 bits per heavy atom. The minimum Gasteiger partial charge on any atom is -0.339 e. The van der Waals surface area contributed by atoms with E-state index in [1.54, 1.807) is 0 Å². The fraction of sp³-hybridized carbons (Fsp3) is 0.818. The highest BCUT2D eigenvalue weighted by Crippen LogP contribution is 2.22. The summed E-state index contributed by atoms with van der Waals surface area (Å²) in [4.78, 5) is 2.30. The van der Waals surface area contributed by atoms with Crippen molar-refractivity contribution in [3.05, 3.63) is 5.82 Å². The van der Waals surface area contributed by atoms with Crippen LogP contribution < -0.4 is 10.6 Å². The molecule has 1 saturated heterocycles. The van der Waals surface area contributed by atoms with Gasteiger partial charge in [-0.2, -0.15) is 0 Å². The minimum absolute atomic E-state index is 0. The lowest BCUT2D eigenvalue weighted by atomic mass is 10.1. The summed E-state index contributed by atoms with van der Waals surface area (Å²) in [6.45, 7) is 3.08. The van der Waals surface area contributed by atoms with Crippen molar-refractivity contribution in [3.63, 3.8) is 0 Å². The quantitative estimate of drug-likeness (QED) is 0.850. The number of rotatable bonds is 1. The van der Waals surface area contributed by atoms with E-state index in [9.17, 15) is 0 Å². The second kappa shape index (κ2) is 6.59. The van der Waals surface area contributed by atoms with E-state index in [1.165, 1.54) is 19.3 Å². The van der Waals surface area contributed by atoms with Crippen LogP contribution >= 0.6 is 24.8 Å². The molecule has 0 unspecified atom stereocenters. The van der Waals surface area contributed by atoms with Crippen molar-refractivity contribution in [1.82, 2.24) is 14.8 Å². The lowest BCUT2D eigenvalue weighted by Crippen LogP contribution is -2.44. The van der Waals surface area contributed by atoms with Crippen molar-refractivity contribution >= 4 is 30.8 Å². The Bertz CT molecular complexity index is 382. The maximum absolute atomic E-state index is 6.01. The Morgan fingerprint density at radius 2 is 1.89 bits per heavy atom. The molecule has 3 rings (SSSR count). The highest BCUT2D eigenvalue weighted by atomic mass is 35.5. The van der Waals surface area contributed by atoms with Crippen LogP contribution in [-0.2, 0) is 13.0 Å². The van der Waals surface area contributed by atoms with Crippen molar-refractivity contribution in [1.29, 1.82) is 0 Å². The molecule has 2 N–H and O–H groups in total. The molecule has 2 aliphatic heterocycles. The molecule has 0 aromatic carbocycles. The van der Waals surface area contributed by atoms with E-state index in [2.05, 4.69) is 19.7 Å². The number of nitrogens with zero attached hydrogens (tertiary/aromatic N) is 4. The van der Waals surface area contributed by atoms with E-state index in [4.69, 9.17) is 5.73 Å². The molecule has 0 spiro atoms. The molecule has 2 aliphatic rings. The van der Waals surface area contributed by atoms with Crippen LogP contribution in [0.15, 0.2) is 0 Å². The zero-order chi connectivity index (χ0) is 11.0. The summed E-state index contributed by atoms with van der Waals surface area (Å²) in [6, 6.07) is 0.297. The maximum atomic E-state index is 6.01. The summed E-state index contributed by atoms with van der Waals surface area (Å²) >= 11 is 0. The number of nitrogens with two attached hydrogens (primary N) is 1. The monoisotopic (exact) mass is 293 g/mol. The fourth-order valence-corrected chi connectivity index (χ4v) is 2.72.